The van der Waals surface area contributed by atoms with Crippen LogP contribution in [0.15, 0.2) is 24.3 Å². The van der Waals surface area contributed by atoms with Crippen LogP contribution in [0.25, 0.3) is 0 Å². The topological polar surface area (TPSA) is 35.2 Å². The van der Waals surface area contributed by atoms with Crippen LogP contribution < -0.4 is 10.5 Å². The highest BCUT2D eigenvalue weighted by atomic mass is 16.5. The second-order valence-electron chi connectivity index (χ2n) is 4.42. The Balaban J connectivity index is 2.37. The van der Waals surface area contributed by atoms with Crippen molar-refractivity contribution in [1.82, 2.24) is 0 Å². The fraction of sp³-hybridized carbons (Fsp3) is 0.538. The van der Waals surface area contributed by atoms with Crippen LogP contribution in [-0.2, 0) is 0 Å². The van der Waals surface area contributed by atoms with Crippen molar-refractivity contribution in [3.05, 3.63) is 29.8 Å². The maximum atomic E-state index is 6.20. The summed E-state index contributed by atoms with van der Waals surface area (Å²) in [4.78, 5) is 0. The molecule has 3 unspecified atom stereocenters. The fourth-order valence-corrected chi connectivity index (χ4v) is 2.43. The van der Waals surface area contributed by atoms with Crippen molar-refractivity contribution in [2.24, 2.45) is 11.7 Å². The Morgan fingerprint density at radius 2 is 2.20 bits per heavy atom. The monoisotopic (exact) mass is 205 g/mol. The predicted molar refractivity (Wildman–Crippen MR) is 62.1 cm³/mol. The molecule has 1 heterocycles. The number of fused-ring (bicyclic) bond motifs is 1. The van der Waals surface area contributed by atoms with Gasteiger partial charge in [0.2, 0.25) is 0 Å². The highest BCUT2D eigenvalue weighted by Crippen LogP contribution is 2.38. The third-order valence-electron chi connectivity index (χ3n) is 3.33. The fourth-order valence-electron chi connectivity index (χ4n) is 2.43. The first-order valence-corrected chi connectivity index (χ1v) is 5.71. The van der Waals surface area contributed by atoms with Gasteiger partial charge in [-0.05, 0) is 24.0 Å². The van der Waals surface area contributed by atoms with Gasteiger partial charge in [0.25, 0.3) is 0 Å². The van der Waals surface area contributed by atoms with Crippen LogP contribution in [-0.4, -0.2) is 12.6 Å². The Bertz CT molecular complexity index is 337. The molecule has 0 spiro atoms. The van der Waals surface area contributed by atoms with Crippen LogP contribution in [0, 0.1) is 5.92 Å². The molecule has 15 heavy (non-hydrogen) atoms. The summed E-state index contributed by atoms with van der Waals surface area (Å²) in [6, 6.07) is 8.51. The minimum atomic E-state index is 0.241. The molecule has 2 N–H and O–H groups in total. The zero-order valence-electron chi connectivity index (χ0n) is 9.44. The number of hydrogen-bond donors (Lipinski definition) is 1. The Morgan fingerprint density at radius 1 is 1.47 bits per heavy atom. The lowest BCUT2D eigenvalue weighted by molar-refractivity contribution is 0.190. The van der Waals surface area contributed by atoms with Crippen LogP contribution in [0.1, 0.15) is 31.7 Å². The number of rotatable bonds is 2. The van der Waals surface area contributed by atoms with Crippen molar-refractivity contribution in [3.63, 3.8) is 0 Å². The van der Waals surface area contributed by atoms with Gasteiger partial charge in [0.05, 0.1) is 6.61 Å². The molecule has 2 heteroatoms. The van der Waals surface area contributed by atoms with E-state index >= 15 is 0 Å². The van der Waals surface area contributed by atoms with Gasteiger partial charge < -0.3 is 10.5 Å². The third kappa shape index (κ3) is 1.86. The Morgan fingerprint density at radius 3 is 2.93 bits per heavy atom. The number of nitrogens with two attached hydrogens (primary N) is 1. The van der Waals surface area contributed by atoms with Gasteiger partial charge in [-0.2, -0.15) is 0 Å². The van der Waals surface area contributed by atoms with Crippen LogP contribution in [0.3, 0.4) is 0 Å². The zero-order chi connectivity index (χ0) is 10.8. The summed E-state index contributed by atoms with van der Waals surface area (Å²) >= 11 is 0. The first-order chi connectivity index (χ1) is 7.24. The molecule has 1 aromatic carbocycles. The second-order valence-corrected chi connectivity index (χ2v) is 4.42. The lowest BCUT2D eigenvalue weighted by atomic mass is 9.79. The van der Waals surface area contributed by atoms with Crippen molar-refractivity contribution in [2.75, 3.05) is 6.61 Å². The lowest BCUT2D eigenvalue weighted by Gasteiger charge is -2.34. The molecular weight excluding hydrogens is 186 g/mol. The summed E-state index contributed by atoms with van der Waals surface area (Å²) in [6.07, 6.45) is 1.02. The van der Waals surface area contributed by atoms with Gasteiger partial charge in [0.1, 0.15) is 5.75 Å². The van der Waals surface area contributed by atoms with Crippen LogP contribution in [0.2, 0.25) is 0 Å². The van der Waals surface area contributed by atoms with Crippen LogP contribution in [0.5, 0.6) is 5.75 Å². The first kappa shape index (κ1) is 10.5. The molecule has 1 aliphatic rings. The van der Waals surface area contributed by atoms with Crippen LogP contribution in [0.4, 0.5) is 0 Å². The lowest BCUT2D eigenvalue weighted by Crippen LogP contribution is -2.36. The largest absolute Gasteiger partial charge is 0.493 e. The minimum Gasteiger partial charge on any atom is -0.493 e. The van der Waals surface area contributed by atoms with E-state index in [-0.39, 0.29) is 6.04 Å². The summed E-state index contributed by atoms with van der Waals surface area (Å²) < 4.78 is 5.71. The number of ether oxygens (including phenoxy) is 1. The molecule has 0 radical (unpaired) electrons. The number of hydrogen-bond acceptors (Lipinski definition) is 2. The Kier molecular flexibility index (Phi) is 2.96. The molecule has 0 aliphatic carbocycles. The predicted octanol–water partition coefficient (Wildman–Crippen LogP) is 2.54. The van der Waals surface area contributed by atoms with Crippen molar-refractivity contribution < 1.29 is 4.74 Å². The standard InChI is InChI=1S/C13H19NO/c1-3-11(14)13-9(2)8-15-12-7-5-4-6-10(12)13/h4-7,9,11,13H,3,8,14H2,1-2H3. The van der Waals surface area contributed by atoms with Gasteiger partial charge in [-0.25, -0.2) is 0 Å². The van der Waals surface area contributed by atoms with E-state index in [1.54, 1.807) is 0 Å². The quantitative estimate of drug-likeness (QED) is 0.805. The van der Waals surface area contributed by atoms with E-state index in [4.69, 9.17) is 10.5 Å². The van der Waals surface area contributed by atoms with E-state index in [9.17, 15) is 0 Å². The van der Waals surface area contributed by atoms with Gasteiger partial charge in [-0.3, -0.25) is 0 Å². The smallest absolute Gasteiger partial charge is 0.122 e. The van der Waals surface area contributed by atoms with Gasteiger partial charge >= 0.3 is 0 Å². The number of para-hydroxylation sites is 1. The minimum absolute atomic E-state index is 0.241. The Hall–Kier alpha value is -1.02. The van der Waals surface area contributed by atoms with Gasteiger partial charge in [0.15, 0.2) is 0 Å². The van der Waals surface area contributed by atoms with E-state index in [1.807, 2.05) is 12.1 Å². The molecule has 0 saturated heterocycles. The van der Waals surface area contributed by atoms with Crippen molar-refractivity contribution in [1.29, 1.82) is 0 Å². The van der Waals surface area contributed by atoms with Crippen molar-refractivity contribution >= 4 is 0 Å². The molecule has 0 bridgehead atoms. The highest BCUT2D eigenvalue weighted by molar-refractivity contribution is 5.39. The molecule has 3 atom stereocenters. The summed E-state index contributed by atoms with van der Waals surface area (Å²) in [5.74, 6) is 1.97. The summed E-state index contributed by atoms with van der Waals surface area (Å²) in [7, 11) is 0. The van der Waals surface area contributed by atoms with E-state index in [2.05, 4.69) is 26.0 Å². The molecular formula is C13H19NO. The molecule has 82 valence electrons. The average molecular weight is 205 g/mol. The van der Waals surface area contributed by atoms with Gasteiger partial charge in [-0.1, -0.05) is 32.0 Å². The molecule has 2 rings (SSSR count). The molecule has 1 aromatic rings. The first-order valence-electron chi connectivity index (χ1n) is 5.71. The van der Waals surface area contributed by atoms with E-state index in [1.165, 1.54) is 5.56 Å². The Labute approximate surface area is 91.4 Å². The highest BCUT2D eigenvalue weighted by Gasteiger charge is 2.31. The SMILES string of the molecule is CCC(N)C1c2ccccc2OCC1C. The summed E-state index contributed by atoms with van der Waals surface area (Å²) in [5, 5.41) is 0. The second kappa shape index (κ2) is 4.23. The summed E-state index contributed by atoms with van der Waals surface area (Å²) in [5.41, 5.74) is 7.48. The molecule has 0 aromatic heterocycles. The normalized spacial score (nSPS) is 26.6. The maximum absolute atomic E-state index is 6.20. The zero-order valence-corrected chi connectivity index (χ0v) is 9.44. The average Bonchev–Trinajstić information content (AvgIpc) is 2.28. The maximum Gasteiger partial charge on any atom is 0.122 e. The third-order valence-corrected chi connectivity index (χ3v) is 3.33. The van der Waals surface area contributed by atoms with E-state index < -0.39 is 0 Å². The molecule has 2 nitrogen and oxygen atoms in total. The van der Waals surface area contributed by atoms with Crippen LogP contribution >= 0.6 is 0 Å². The molecule has 1 aliphatic heterocycles. The van der Waals surface area contributed by atoms with E-state index in [0.717, 1.165) is 18.8 Å². The molecule has 0 saturated carbocycles. The van der Waals surface area contributed by atoms with E-state index in [0.29, 0.717) is 11.8 Å². The number of benzene rings is 1. The van der Waals surface area contributed by atoms with Crippen molar-refractivity contribution in [2.45, 2.75) is 32.2 Å². The molecule has 0 amide bonds. The summed E-state index contributed by atoms with van der Waals surface area (Å²) in [6.45, 7) is 5.15. The van der Waals surface area contributed by atoms with Gasteiger partial charge in [0, 0.05) is 12.0 Å². The van der Waals surface area contributed by atoms with Crippen molar-refractivity contribution in [3.8, 4) is 5.75 Å². The van der Waals surface area contributed by atoms with Gasteiger partial charge in [-0.15, -0.1) is 0 Å². The molecule has 0 fully saturated rings.